The van der Waals surface area contributed by atoms with Crippen LogP contribution in [0.1, 0.15) is 97.8 Å². The summed E-state index contributed by atoms with van der Waals surface area (Å²) in [6, 6.07) is 0. The molecule has 3 heteroatoms. The highest BCUT2D eigenvalue weighted by atomic mass is 16.6. The molecule has 23 heavy (non-hydrogen) atoms. The molecule has 1 heterocycles. The van der Waals surface area contributed by atoms with Crippen LogP contribution in [0.2, 0.25) is 0 Å². The van der Waals surface area contributed by atoms with Gasteiger partial charge in [0.2, 0.25) is 0 Å². The molecule has 1 amide bonds. The number of rotatable bonds is 15. The van der Waals surface area contributed by atoms with E-state index in [2.05, 4.69) is 26.1 Å². The average molecular weight is 326 g/mol. The maximum Gasteiger partial charge on any atom is 0.254 e. The molecule has 2 unspecified atom stereocenters. The first-order chi connectivity index (χ1) is 11.2. The second-order valence-electron chi connectivity index (χ2n) is 7.31. The summed E-state index contributed by atoms with van der Waals surface area (Å²) < 4.78 is 5.57. The van der Waals surface area contributed by atoms with E-state index in [-0.39, 0.29) is 5.91 Å². The smallest absolute Gasteiger partial charge is 0.254 e. The van der Waals surface area contributed by atoms with Gasteiger partial charge >= 0.3 is 0 Å². The molecule has 1 N–H and O–H groups in total. The fraction of sp³-hybridized carbons (Fsp3) is 0.950. The Labute approximate surface area is 143 Å². The van der Waals surface area contributed by atoms with Crippen molar-refractivity contribution in [3.05, 3.63) is 0 Å². The molecule has 0 saturated carbocycles. The first-order valence-electron chi connectivity index (χ1n) is 10.1. The monoisotopic (exact) mass is 325 g/mol. The van der Waals surface area contributed by atoms with E-state index < -0.39 is 5.60 Å². The Kier molecular flexibility index (Phi) is 10.6. The fourth-order valence-electron chi connectivity index (χ4n) is 3.24. The Morgan fingerprint density at radius 1 is 0.957 bits per heavy atom. The molecular weight excluding hydrogens is 286 g/mol. The summed E-state index contributed by atoms with van der Waals surface area (Å²) in [7, 11) is 0. The van der Waals surface area contributed by atoms with E-state index in [0.717, 1.165) is 25.8 Å². The van der Waals surface area contributed by atoms with E-state index in [9.17, 15) is 4.79 Å². The van der Waals surface area contributed by atoms with Crippen LogP contribution >= 0.6 is 0 Å². The molecule has 0 aromatic heterocycles. The van der Waals surface area contributed by atoms with Crippen LogP contribution in [0.5, 0.6) is 0 Å². The van der Waals surface area contributed by atoms with Crippen molar-refractivity contribution in [2.24, 2.45) is 5.92 Å². The Hall–Kier alpha value is -0.570. The van der Waals surface area contributed by atoms with Crippen LogP contribution in [-0.2, 0) is 9.53 Å². The first kappa shape index (κ1) is 20.5. The molecule has 3 nitrogen and oxygen atoms in total. The molecule has 0 aromatic rings. The molecule has 0 bridgehead atoms. The maximum absolute atomic E-state index is 12.3. The number of carbonyl (C=O) groups is 1. The van der Waals surface area contributed by atoms with Crippen molar-refractivity contribution in [1.29, 1.82) is 0 Å². The van der Waals surface area contributed by atoms with Gasteiger partial charge in [0, 0.05) is 6.54 Å². The first-order valence-corrected chi connectivity index (χ1v) is 10.1. The lowest BCUT2D eigenvalue weighted by Gasteiger charge is -2.19. The third-order valence-corrected chi connectivity index (χ3v) is 5.19. The Bertz CT molecular complexity index is 313. The minimum absolute atomic E-state index is 0.120. The number of unbranched alkanes of at least 4 members (excludes halogenated alkanes) is 9. The van der Waals surface area contributed by atoms with Gasteiger partial charge in [-0.15, -0.1) is 0 Å². The molecular formula is C20H39NO2. The predicted molar refractivity (Wildman–Crippen MR) is 97.6 cm³/mol. The van der Waals surface area contributed by atoms with E-state index in [0.29, 0.717) is 12.5 Å². The standard InChI is InChI=1S/C20H39NO2/c1-4-6-8-9-10-11-12-13-14-15-18(3)20(17-23-20)19(22)21-16-7-5-2/h18H,4-17H2,1-3H3,(H,21,22). The van der Waals surface area contributed by atoms with Crippen LogP contribution in [0.15, 0.2) is 0 Å². The highest BCUT2D eigenvalue weighted by Gasteiger charge is 2.55. The topological polar surface area (TPSA) is 41.6 Å². The molecule has 2 atom stereocenters. The minimum atomic E-state index is -0.492. The van der Waals surface area contributed by atoms with Crippen molar-refractivity contribution in [2.45, 2.75) is 103 Å². The van der Waals surface area contributed by atoms with Gasteiger partial charge in [0.25, 0.3) is 5.91 Å². The number of nitrogens with one attached hydrogen (secondary N) is 1. The highest BCUT2D eigenvalue weighted by molar-refractivity contribution is 5.88. The number of carbonyl (C=O) groups excluding carboxylic acids is 1. The predicted octanol–water partition coefficient (Wildman–Crippen LogP) is 5.23. The molecule has 0 spiro atoms. The minimum Gasteiger partial charge on any atom is -0.359 e. The van der Waals surface area contributed by atoms with Crippen molar-refractivity contribution in [1.82, 2.24) is 5.32 Å². The molecule has 1 saturated heterocycles. The molecule has 1 fully saturated rings. The van der Waals surface area contributed by atoms with Gasteiger partial charge in [0.15, 0.2) is 5.60 Å². The van der Waals surface area contributed by atoms with Gasteiger partial charge < -0.3 is 10.1 Å². The van der Waals surface area contributed by atoms with Gasteiger partial charge in [-0.2, -0.15) is 0 Å². The van der Waals surface area contributed by atoms with Gasteiger partial charge in [-0.1, -0.05) is 85.0 Å². The van der Waals surface area contributed by atoms with Crippen molar-refractivity contribution in [3.8, 4) is 0 Å². The zero-order valence-electron chi connectivity index (χ0n) is 15.8. The van der Waals surface area contributed by atoms with Crippen LogP contribution in [0.25, 0.3) is 0 Å². The van der Waals surface area contributed by atoms with Crippen molar-refractivity contribution < 1.29 is 9.53 Å². The van der Waals surface area contributed by atoms with Crippen molar-refractivity contribution >= 4 is 5.91 Å². The lowest BCUT2D eigenvalue weighted by molar-refractivity contribution is -0.128. The SMILES string of the molecule is CCCCCCCCCCCC(C)C1(C(=O)NCCCC)CO1. The third kappa shape index (κ3) is 7.69. The lowest BCUT2D eigenvalue weighted by atomic mass is 9.88. The summed E-state index contributed by atoms with van der Waals surface area (Å²) in [4.78, 5) is 12.3. The van der Waals surface area contributed by atoms with Crippen molar-refractivity contribution in [3.63, 3.8) is 0 Å². The molecule has 1 aliphatic rings. The molecule has 0 aromatic carbocycles. The number of hydrogen-bond donors (Lipinski definition) is 1. The maximum atomic E-state index is 12.3. The third-order valence-electron chi connectivity index (χ3n) is 5.19. The quantitative estimate of drug-likeness (QED) is 0.331. The molecule has 1 rings (SSSR count). The normalized spacial score (nSPS) is 21.2. The fourth-order valence-corrected chi connectivity index (χ4v) is 3.24. The molecule has 136 valence electrons. The number of hydrogen-bond acceptors (Lipinski definition) is 2. The largest absolute Gasteiger partial charge is 0.359 e. The van der Waals surface area contributed by atoms with E-state index in [4.69, 9.17) is 4.74 Å². The summed E-state index contributed by atoms with van der Waals surface area (Å²) in [6.07, 6.45) is 15.4. The number of amides is 1. The van der Waals surface area contributed by atoms with E-state index in [1.54, 1.807) is 0 Å². The van der Waals surface area contributed by atoms with E-state index in [1.165, 1.54) is 57.8 Å². The van der Waals surface area contributed by atoms with Crippen LogP contribution in [-0.4, -0.2) is 24.7 Å². The Morgan fingerprint density at radius 2 is 1.48 bits per heavy atom. The van der Waals surface area contributed by atoms with Gasteiger partial charge in [-0.25, -0.2) is 0 Å². The zero-order chi connectivity index (χ0) is 17.0. The van der Waals surface area contributed by atoms with Crippen LogP contribution < -0.4 is 5.32 Å². The van der Waals surface area contributed by atoms with Crippen molar-refractivity contribution in [2.75, 3.05) is 13.2 Å². The van der Waals surface area contributed by atoms with E-state index >= 15 is 0 Å². The van der Waals surface area contributed by atoms with Crippen LogP contribution in [0.4, 0.5) is 0 Å². The number of epoxide rings is 1. The van der Waals surface area contributed by atoms with Gasteiger partial charge in [-0.05, 0) is 18.8 Å². The van der Waals surface area contributed by atoms with E-state index in [1.807, 2.05) is 0 Å². The summed E-state index contributed by atoms with van der Waals surface area (Å²) in [6.45, 7) is 7.98. The van der Waals surface area contributed by atoms with Crippen LogP contribution in [0, 0.1) is 5.92 Å². The summed E-state index contributed by atoms with van der Waals surface area (Å²) in [5.74, 6) is 0.461. The number of ether oxygens (including phenoxy) is 1. The summed E-state index contributed by atoms with van der Waals surface area (Å²) in [5.41, 5.74) is -0.492. The zero-order valence-corrected chi connectivity index (χ0v) is 15.8. The molecule has 0 radical (unpaired) electrons. The molecule has 0 aliphatic carbocycles. The van der Waals surface area contributed by atoms with Gasteiger partial charge in [0.05, 0.1) is 6.61 Å². The second-order valence-corrected chi connectivity index (χ2v) is 7.31. The Balaban J connectivity index is 2.05. The van der Waals surface area contributed by atoms with Gasteiger partial charge in [-0.3, -0.25) is 4.79 Å². The summed E-state index contributed by atoms with van der Waals surface area (Å²) in [5, 5.41) is 3.04. The Morgan fingerprint density at radius 3 is 2.00 bits per heavy atom. The van der Waals surface area contributed by atoms with Crippen LogP contribution in [0.3, 0.4) is 0 Å². The lowest BCUT2D eigenvalue weighted by Crippen LogP contribution is -2.42. The van der Waals surface area contributed by atoms with Gasteiger partial charge in [0.1, 0.15) is 0 Å². The highest BCUT2D eigenvalue weighted by Crippen LogP contribution is 2.38. The second kappa shape index (κ2) is 11.9. The average Bonchev–Trinajstić information content (AvgIpc) is 3.35. The summed E-state index contributed by atoms with van der Waals surface area (Å²) >= 11 is 0. The molecule has 1 aliphatic heterocycles.